The number of aliphatic hydroxyl groups is 1. The Hall–Kier alpha value is -2.64. The Kier molecular flexibility index (Phi) is 5.45. The van der Waals surface area contributed by atoms with Crippen LogP contribution in [-0.4, -0.2) is 54.4 Å². The molecule has 1 unspecified atom stereocenters. The van der Waals surface area contributed by atoms with Crippen molar-refractivity contribution in [2.24, 2.45) is 0 Å². The maximum atomic E-state index is 14.4. The summed E-state index contributed by atoms with van der Waals surface area (Å²) in [6, 6.07) is 13.3. The maximum Gasteiger partial charge on any atom is 0.298 e. The van der Waals surface area contributed by atoms with E-state index in [2.05, 4.69) is 14.8 Å². The molecule has 6 nitrogen and oxygen atoms in total. The van der Waals surface area contributed by atoms with Gasteiger partial charge in [0.2, 0.25) is 0 Å². The van der Waals surface area contributed by atoms with E-state index in [1.54, 1.807) is 12.1 Å². The Morgan fingerprint density at radius 2 is 2.11 bits per heavy atom. The zero-order chi connectivity index (χ0) is 19.5. The number of aromatic nitrogens is 1. The average Bonchev–Trinajstić information content (AvgIpc) is 3.15. The molecular formula is C21H24FN3O3. The van der Waals surface area contributed by atoms with Crippen LogP contribution < -0.4 is 9.64 Å². The zero-order valence-corrected chi connectivity index (χ0v) is 15.8. The van der Waals surface area contributed by atoms with E-state index in [4.69, 9.17) is 9.15 Å². The first kappa shape index (κ1) is 18.7. The van der Waals surface area contributed by atoms with Crippen molar-refractivity contribution in [2.45, 2.75) is 19.0 Å². The predicted molar refractivity (Wildman–Crippen MR) is 105 cm³/mol. The van der Waals surface area contributed by atoms with Gasteiger partial charge in [-0.1, -0.05) is 18.2 Å². The number of rotatable bonds is 6. The first-order valence-corrected chi connectivity index (χ1v) is 9.46. The number of hydrogen-bond donors (Lipinski definition) is 1. The molecule has 0 aliphatic carbocycles. The molecule has 0 spiro atoms. The Morgan fingerprint density at radius 3 is 2.86 bits per heavy atom. The molecule has 1 saturated heterocycles. The van der Waals surface area contributed by atoms with Crippen LogP contribution in [0.5, 0.6) is 5.75 Å². The molecule has 2 aromatic carbocycles. The van der Waals surface area contributed by atoms with Crippen LogP contribution in [0.15, 0.2) is 46.9 Å². The lowest BCUT2D eigenvalue weighted by Crippen LogP contribution is -2.53. The van der Waals surface area contributed by atoms with E-state index in [-0.39, 0.29) is 18.5 Å². The molecule has 1 aliphatic rings. The number of ether oxygens (including phenoxy) is 1. The monoisotopic (exact) mass is 385 g/mol. The van der Waals surface area contributed by atoms with Crippen LogP contribution in [-0.2, 0) is 6.54 Å². The van der Waals surface area contributed by atoms with E-state index in [0.29, 0.717) is 36.8 Å². The molecule has 1 fully saturated rings. The number of halogens is 1. The third-order valence-electron chi connectivity index (χ3n) is 5.25. The van der Waals surface area contributed by atoms with Gasteiger partial charge in [-0.3, -0.25) is 4.90 Å². The van der Waals surface area contributed by atoms with Crippen LogP contribution in [0, 0.1) is 5.82 Å². The summed E-state index contributed by atoms with van der Waals surface area (Å²) in [7, 11) is 1.52. The normalized spacial score (nSPS) is 18.0. The minimum absolute atomic E-state index is 0.0770. The molecule has 3 aromatic rings. The van der Waals surface area contributed by atoms with Gasteiger partial charge in [0.1, 0.15) is 17.1 Å². The molecule has 1 aliphatic heterocycles. The molecule has 0 radical (unpaired) electrons. The van der Waals surface area contributed by atoms with Crippen molar-refractivity contribution in [2.75, 3.05) is 38.3 Å². The molecule has 7 heteroatoms. The summed E-state index contributed by atoms with van der Waals surface area (Å²) in [6.07, 6.45) is 0.606. The molecule has 0 saturated carbocycles. The first-order chi connectivity index (χ1) is 13.7. The van der Waals surface area contributed by atoms with Crippen LogP contribution in [0.2, 0.25) is 0 Å². The van der Waals surface area contributed by atoms with Gasteiger partial charge in [0.05, 0.1) is 7.11 Å². The van der Waals surface area contributed by atoms with Crippen LogP contribution in [0.3, 0.4) is 0 Å². The van der Waals surface area contributed by atoms with Crippen molar-refractivity contribution in [1.29, 1.82) is 0 Å². The summed E-state index contributed by atoms with van der Waals surface area (Å²) in [5.41, 5.74) is 2.22. The van der Waals surface area contributed by atoms with Gasteiger partial charge in [-0.05, 0) is 24.6 Å². The average molecular weight is 385 g/mol. The van der Waals surface area contributed by atoms with Crippen molar-refractivity contribution in [3.8, 4) is 5.75 Å². The van der Waals surface area contributed by atoms with E-state index < -0.39 is 0 Å². The van der Waals surface area contributed by atoms with E-state index in [1.165, 1.54) is 13.2 Å². The quantitative estimate of drug-likeness (QED) is 0.704. The molecule has 2 heterocycles. The van der Waals surface area contributed by atoms with Gasteiger partial charge in [-0.25, -0.2) is 4.39 Å². The second-order valence-electron chi connectivity index (χ2n) is 7.00. The van der Waals surface area contributed by atoms with Crippen molar-refractivity contribution in [3.63, 3.8) is 0 Å². The van der Waals surface area contributed by atoms with Crippen molar-refractivity contribution < 1.29 is 18.7 Å². The van der Waals surface area contributed by atoms with Crippen molar-refractivity contribution in [3.05, 3.63) is 53.8 Å². The Labute approximate surface area is 163 Å². The highest BCUT2D eigenvalue weighted by Crippen LogP contribution is 2.26. The number of anilines is 1. The lowest BCUT2D eigenvalue weighted by molar-refractivity contribution is 0.132. The Morgan fingerprint density at radius 1 is 1.25 bits per heavy atom. The Bertz CT molecular complexity index is 913. The van der Waals surface area contributed by atoms with Gasteiger partial charge in [-0.2, -0.15) is 4.98 Å². The van der Waals surface area contributed by atoms with Crippen molar-refractivity contribution in [1.82, 2.24) is 9.88 Å². The van der Waals surface area contributed by atoms with Gasteiger partial charge in [-0.15, -0.1) is 0 Å². The molecule has 1 atom stereocenters. The number of fused-ring (bicyclic) bond motifs is 1. The second-order valence-corrected chi connectivity index (χ2v) is 7.00. The summed E-state index contributed by atoms with van der Waals surface area (Å²) < 4.78 is 25.3. The summed E-state index contributed by atoms with van der Waals surface area (Å²) >= 11 is 0. The maximum absolute atomic E-state index is 14.4. The molecule has 1 N–H and O–H groups in total. The summed E-state index contributed by atoms with van der Waals surface area (Å²) in [4.78, 5) is 8.88. The topological polar surface area (TPSA) is 62.0 Å². The zero-order valence-electron chi connectivity index (χ0n) is 15.8. The Balaban J connectivity index is 1.50. The molecule has 0 bridgehead atoms. The number of para-hydroxylation sites is 2. The fourth-order valence-corrected chi connectivity index (χ4v) is 3.70. The highest BCUT2D eigenvalue weighted by Gasteiger charge is 2.29. The molecule has 1 aromatic heterocycles. The highest BCUT2D eigenvalue weighted by molar-refractivity contribution is 5.74. The lowest BCUT2D eigenvalue weighted by atomic mass is 10.1. The number of benzene rings is 2. The van der Waals surface area contributed by atoms with Crippen LogP contribution in [0.25, 0.3) is 11.1 Å². The third kappa shape index (κ3) is 3.81. The summed E-state index contributed by atoms with van der Waals surface area (Å²) in [5.74, 6) is 0.234. The molecule has 4 rings (SSSR count). The van der Waals surface area contributed by atoms with E-state index in [9.17, 15) is 9.50 Å². The fourth-order valence-electron chi connectivity index (χ4n) is 3.70. The lowest BCUT2D eigenvalue weighted by Gasteiger charge is -2.40. The summed E-state index contributed by atoms with van der Waals surface area (Å²) in [5, 5.41) is 9.52. The molecule has 0 amide bonds. The van der Waals surface area contributed by atoms with E-state index in [0.717, 1.165) is 24.2 Å². The van der Waals surface area contributed by atoms with E-state index in [1.807, 2.05) is 24.3 Å². The number of hydrogen-bond acceptors (Lipinski definition) is 6. The van der Waals surface area contributed by atoms with Gasteiger partial charge in [0, 0.05) is 50.5 Å². The number of nitrogens with zero attached hydrogens (tertiary/aromatic N) is 3. The number of methoxy groups -OCH3 is 1. The van der Waals surface area contributed by atoms with Crippen LogP contribution in [0.1, 0.15) is 12.0 Å². The SMILES string of the molecule is COc1ccc(CN2CCN(c3nc4ccccc4o3)CC2CCO)c(F)c1. The van der Waals surface area contributed by atoms with Gasteiger partial charge < -0.3 is 19.2 Å². The van der Waals surface area contributed by atoms with Crippen LogP contribution in [0.4, 0.5) is 10.4 Å². The second kappa shape index (κ2) is 8.16. The third-order valence-corrected chi connectivity index (χ3v) is 5.25. The molecular weight excluding hydrogens is 361 g/mol. The minimum atomic E-state index is -0.275. The standard InChI is InChI=1S/C21H24FN3O3/c1-27-17-7-6-15(18(22)12-17)13-24-9-10-25(14-16(24)8-11-26)21-23-19-4-2-3-5-20(19)28-21/h2-7,12,16,26H,8-11,13-14H2,1H3. The van der Waals surface area contributed by atoms with Crippen molar-refractivity contribution >= 4 is 17.1 Å². The molecule has 148 valence electrons. The molecule has 28 heavy (non-hydrogen) atoms. The highest BCUT2D eigenvalue weighted by atomic mass is 19.1. The number of aliphatic hydroxyl groups excluding tert-OH is 1. The van der Waals surface area contributed by atoms with Gasteiger partial charge in [0.15, 0.2) is 5.58 Å². The smallest absolute Gasteiger partial charge is 0.298 e. The predicted octanol–water partition coefficient (Wildman–Crippen LogP) is 3.05. The minimum Gasteiger partial charge on any atom is -0.497 e. The number of piperazine rings is 1. The largest absolute Gasteiger partial charge is 0.497 e. The summed E-state index contributed by atoms with van der Waals surface area (Å²) in [6.45, 7) is 2.70. The van der Waals surface area contributed by atoms with Crippen LogP contribution >= 0.6 is 0 Å². The van der Waals surface area contributed by atoms with Gasteiger partial charge >= 0.3 is 0 Å². The van der Waals surface area contributed by atoms with Gasteiger partial charge in [0.25, 0.3) is 6.01 Å². The number of oxazole rings is 1. The fraction of sp³-hybridized carbons (Fsp3) is 0.381. The van der Waals surface area contributed by atoms with E-state index >= 15 is 0 Å². The first-order valence-electron chi connectivity index (χ1n) is 9.46.